The van der Waals surface area contributed by atoms with E-state index < -0.39 is 12.0 Å². The van der Waals surface area contributed by atoms with Crippen molar-refractivity contribution in [2.24, 2.45) is 0 Å². The van der Waals surface area contributed by atoms with Gasteiger partial charge in [-0.05, 0) is 0 Å². The van der Waals surface area contributed by atoms with E-state index in [9.17, 15) is 14.4 Å². The lowest BCUT2D eigenvalue weighted by atomic mass is 10.2. The van der Waals surface area contributed by atoms with Crippen LogP contribution in [0, 0.1) is 0 Å². The Kier molecular flexibility index (Phi) is 5.24. The fourth-order valence-corrected chi connectivity index (χ4v) is 3.09. The highest BCUT2D eigenvalue weighted by atomic mass is 32.2. The van der Waals surface area contributed by atoms with Gasteiger partial charge >= 0.3 is 5.97 Å². The predicted octanol–water partition coefficient (Wildman–Crippen LogP) is -0.0543. The van der Waals surface area contributed by atoms with E-state index in [-0.39, 0.29) is 24.2 Å². The van der Waals surface area contributed by atoms with Crippen LogP contribution >= 0.6 is 11.8 Å². The second kappa shape index (κ2) is 6.94. The number of carbonyl (C=O) groups excluding carboxylic acids is 3. The Morgan fingerprint density at radius 1 is 1.45 bits per heavy atom. The van der Waals surface area contributed by atoms with Gasteiger partial charge < -0.3 is 19.3 Å². The summed E-state index contributed by atoms with van der Waals surface area (Å²) in [5.74, 6) is 0.161. The van der Waals surface area contributed by atoms with Crippen LogP contribution in [0.1, 0.15) is 6.42 Å². The highest BCUT2D eigenvalue weighted by molar-refractivity contribution is 8.13. The zero-order valence-electron chi connectivity index (χ0n) is 11.4. The number of rotatable bonds is 4. The third-order valence-electron chi connectivity index (χ3n) is 3.36. The van der Waals surface area contributed by atoms with Crippen LogP contribution in [0.25, 0.3) is 0 Å². The molecule has 2 saturated heterocycles. The second-order valence-electron chi connectivity index (χ2n) is 4.55. The maximum atomic E-state index is 12.2. The second-order valence-corrected chi connectivity index (χ2v) is 5.60. The number of morpholine rings is 1. The van der Waals surface area contributed by atoms with Crippen molar-refractivity contribution < 1.29 is 23.9 Å². The maximum Gasteiger partial charge on any atom is 0.331 e. The van der Waals surface area contributed by atoms with Gasteiger partial charge in [0.15, 0.2) is 6.04 Å². The SMILES string of the molecule is COC(=O)C1COCCN1C(=O)CCN1CCSC1=O. The summed E-state index contributed by atoms with van der Waals surface area (Å²) in [7, 11) is 1.29. The molecule has 2 aliphatic rings. The molecule has 0 bridgehead atoms. The summed E-state index contributed by atoms with van der Waals surface area (Å²) in [6.07, 6.45) is 0.222. The van der Waals surface area contributed by atoms with Crippen LogP contribution in [0.3, 0.4) is 0 Å². The summed E-state index contributed by atoms with van der Waals surface area (Å²) in [5, 5.41) is 0.0179. The number of methoxy groups -OCH3 is 1. The molecule has 0 aromatic rings. The summed E-state index contributed by atoms with van der Waals surface area (Å²) in [6.45, 7) is 2.03. The van der Waals surface area contributed by atoms with Gasteiger partial charge in [0.1, 0.15) is 0 Å². The molecule has 0 radical (unpaired) electrons. The third-order valence-corrected chi connectivity index (χ3v) is 4.25. The van der Waals surface area contributed by atoms with E-state index in [4.69, 9.17) is 4.74 Å². The number of thioether (sulfide) groups is 1. The lowest BCUT2D eigenvalue weighted by Crippen LogP contribution is -2.53. The Bertz CT molecular complexity index is 403. The Balaban J connectivity index is 1.89. The van der Waals surface area contributed by atoms with Crippen LogP contribution in [0.2, 0.25) is 0 Å². The van der Waals surface area contributed by atoms with Crippen LogP contribution in [0.4, 0.5) is 4.79 Å². The van der Waals surface area contributed by atoms with Crippen LogP contribution in [0.15, 0.2) is 0 Å². The summed E-state index contributed by atoms with van der Waals surface area (Å²) < 4.78 is 9.90. The fourth-order valence-electron chi connectivity index (χ4n) is 2.24. The van der Waals surface area contributed by atoms with Crippen molar-refractivity contribution in [2.45, 2.75) is 12.5 Å². The van der Waals surface area contributed by atoms with Gasteiger partial charge in [-0.3, -0.25) is 9.59 Å². The first-order chi connectivity index (χ1) is 9.63. The molecule has 0 N–H and O–H groups in total. The van der Waals surface area contributed by atoms with E-state index in [0.29, 0.717) is 26.2 Å². The molecule has 0 aromatic heterocycles. The van der Waals surface area contributed by atoms with E-state index in [1.54, 1.807) is 4.90 Å². The van der Waals surface area contributed by atoms with Crippen LogP contribution in [-0.4, -0.2) is 78.7 Å². The van der Waals surface area contributed by atoms with Crippen molar-refractivity contribution in [3.63, 3.8) is 0 Å². The summed E-state index contributed by atoms with van der Waals surface area (Å²) in [6, 6.07) is -0.676. The first-order valence-electron chi connectivity index (χ1n) is 6.50. The Morgan fingerprint density at radius 3 is 2.90 bits per heavy atom. The van der Waals surface area contributed by atoms with E-state index in [0.717, 1.165) is 5.75 Å². The molecule has 1 atom stereocenters. The van der Waals surface area contributed by atoms with Crippen LogP contribution in [0.5, 0.6) is 0 Å². The minimum absolute atomic E-state index is 0.0179. The molecule has 2 heterocycles. The zero-order valence-corrected chi connectivity index (χ0v) is 12.2. The maximum absolute atomic E-state index is 12.2. The molecule has 0 aromatic carbocycles. The van der Waals surface area contributed by atoms with E-state index in [1.807, 2.05) is 0 Å². The number of ether oxygens (including phenoxy) is 2. The largest absolute Gasteiger partial charge is 0.467 e. The van der Waals surface area contributed by atoms with Gasteiger partial charge in [0, 0.05) is 31.8 Å². The summed E-state index contributed by atoms with van der Waals surface area (Å²) in [4.78, 5) is 38.4. The van der Waals surface area contributed by atoms with Gasteiger partial charge in [-0.1, -0.05) is 11.8 Å². The van der Waals surface area contributed by atoms with Crippen LogP contribution in [-0.2, 0) is 19.1 Å². The molecule has 1 unspecified atom stereocenters. The van der Waals surface area contributed by atoms with Crippen molar-refractivity contribution in [3.8, 4) is 0 Å². The lowest BCUT2D eigenvalue weighted by molar-refractivity contribution is -0.160. The molecule has 0 spiro atoms. The third kappa shape index (κ3) is 3.43. The Hall–Kier alpha value is -1.28. The number of carbonyl (C=O) groups is 3. The Morgan fingerprint density at radius 2 is 2.25 bits per heavy atom. The average molecular weight is 302 g/mol. The molecule has 2 fully saturated rings. The molecule has 8 heteroatoms. The molecule has 2 aliphatic heterocycles. The summed E-state index contributed by atoms with van der Waals surface area (Å²) in [5.41, 5.74) is 0. The molecule has 7 nitrogen and oxygen atoms in total. The van der Waals surface area contributed by atoms with Crippen molar-refractivity contribution in [3.05, 3.63) is 0 Å². The highest BCUT2D eigenvalue weighted by Gasteiger charge is 2.33. The van der Waals surface area contributed by atoms with Gasteiger partial charge in [0.05, 0.1) is 20.3 Å². The van der Waals surface area contributed by atoms with E-state index in [2.05, 4.69) is 4.74 Å². The number of hydrogen-bond acceptors (Lipinski definition) is 6. The fraction of sp³-hybridized carbons (Fsp3) is 0.750. The normalized spacial score (nSPS) is 23.1. The molecule has 2 rings (SSSR count). The van der Waals surface area contributed by atoms with E-state index >= 15 is 0 Å². The molecule has 0 aliphatic carbocycles. The highest BCUT2D eigenvalue weighted by Crippen LogP contribution is 2.18. The smallest absolute Gasteiger partial charge is 0.331 e. The minimum atomic E-state index is -0.676. The molecule has 112 valence electrons. The quantitative estimate of drug-likeness (QED) is 0.678. The van der Waals surface area contributed by atoms with Crippen molar-refractivity contribution >= 4 is 28.9 Å². The molecule has 2 amide bonds. The average Bonchev–Trinajstić information content (AvgIpc) is 2.89. The number of esters is 1. The number of amides is 2. The van der Waals surface area contributed by atoms with Gasteiger partial charge in [0.25, 0.3) is 5.24 Å². The number of hydrogen-bond donors (Lipinski definition) is 0. The summed E-state index contributed by atoms with van der Waals surface area (Å²) >= 11 is 1.27. The van der Waals surface area contributed by atoms with Gasteiger partial charge in [-0.15, -0.1) is 0 Å². The molecular weight excluding hydrogens is 284 g/mol. The molecular formula is C12H18N2O5S. The standard InChI is InChI=1S/C12H18N2O5S/c1-18-11(16)9-8-19-6-4-14(9)10(15)2-3-13-5-7-20-12(13)17/h9H,2-8H2,1H3. The lowest BCUT2D eigenvalue weighted by Gasteiger charge is -2.34. The minimum Gasteiger partial charge on any atom is -0.467 e. The molecule has 0 saturated carbocycles. The van der Waals surface area contributed by atoms with Gasteiger partial charge in [-0.25, -0.2) is 4.79 Å². The van der Waals surface area contributed by atoms with Crippen LogP contribution < -0.4 is 0 Å². The first kappa shape index (κ1) is 15.1. The monoisotopic (exact) mass is 302 g/mol. The van der Waals surface area contributed by atoms with Gasteiger partial charge in [-0.2, -0.15) is 0 Å². The zero-order chi connectivity index (χ0) is 14.5. The van der Waals surface area contributed by atoms with Crippen molar-refractivity contribution in [1.29, 1.82) is 0 Å². The van der Waals surface area contributed by atoms with Crippen molar-refractivity contribution in [1.82, 2.24) is 9.80 Å². The van der Waals surface area contributed by atoms with Crippen molar-refractivity contribution in [2.75, 3.05) is 45.7 Å². The van der Waals surface area contributed by atoms with Gasteiger partial charge in [0.2, 0.25) is 5.91 Å². The number of nitrogens with zero attached hydrogens (tertiary/aromatic N) is 2. The Labute approximate surface area is 121 Å². The van der Waals surface area contributed by atoms with E-state index in [1.165, 1.54) is 23.8 Å². The topological polar surface area (TPSA) is 76.2 Å². The molecule has 20 heavy (non-hydrogen) atoms. The first-order valence-corrected chi connectivity index (χ1v) is 7.49. The predicted molar refractivity (Wildman–Crippen MR) is 72.4 cm³/mol.